The number of carbonyl (C=O) groups is 2. The Hall–Kier alpha value is -4.44. The summed E-state index contributed by atoms with van der Waals surface area (Å²) in [5.74, 6) is -1.36. The van der Waals surface area contributed by atoms with Crippen molar-refractivity contribution in [3.05, 3.63) is 96.5 Å². The molecule has 2 aliphatic rings. The van der Waals surface area contributed by atoms with Gasteiger partial charge in [-0.25, -0.2) is 28.9 Å². The molecule has 6 N–H and O–H groups in total. The molecule has 0 bridgehead atoms. The number of hydrazine groups is 1. The van der Waals surface area contributed by atoms with Crippen LogP contribution in [0, 0.1) is 17.8 Å². The summed E-state index contributed by atoms with van der Waals surface area (Å²) in [5.41, 5.74) is -3.73. The average Bonchev–Trinajstić information content (AvgIpc) is 3.60. The first-order valence-electron chi connectivity index (χ1n) is 21.5. The number of aliphatic hydroxyl groups excluding tert-OH is 1. The molecule has 2 aliphatic heterocycles. The quantitative estimate of drug-likeness (QED) is 0.0634. The van der Waals surface area contributed by atoms with Crippen molar-refractivity contribution in [2.45, 2.75) is 123 Å². The summed E-state index contributed by atoms with van der Waals surface area (Å²) >= 11 is 0. The molecule has 0 saturated carbocycles. The number of nitrogens with zero attached hydrogens (tertiary/aromatic N) is 2. The predicted octanol–water partition coefficient (Wildman–Crippen LogP) is 3.95. The van der Waals surface area contributed by atoms with Crippen LogP contribution in [0.5, 0.6) is 5.75 Å². The van der Waals surface area contributed by atoms with Crippen molar-refractivity contribution in [3.8, 4) is 5.75 Å². The second-order valence-electron chi connectivity index (χ2n) is 17.4. The molecule has 0 amide bonds. The first-order valence-corrected chi connectivity index (χ1v) is 25.6. The maximum atomic E-state index is 15.4. The number of halogens is 2. The van der Waals surface area contributed by atoms with Gasteiger partial charge < -0.3 is 28.4 Å². The van der Waals surface area contributed by atoms with Gasteiger partial charge in [0.1, 0.15) is 11.8 Å². The van der Waals surface area contributed by atoms with Gasteiger partial charge in [0.05, 0.1) is 37.6 Å². The molecule has 2 aromatic heterocycles. The smallest absolute Gasteiger partial charge is 0.330 e. The standard InChI is InChI=1S/C18H29FN3O7P.C13H21N2O3P.C11H15FN2O4/c1-10(2)28-15(24)12(4)21-30(6,26)27-9-13-11(3)18(5,19)16(29-13)22-8-7-14(23)20-17(22)25;1-10(2)13(16)11(3)14-15-19(4,17)18-12-8-6-5-7-9-12;1-6-7(5-15)18-9(11(6,2)12)14-4-3-8(16)13-10(14)17/h7-8,10-13,16H,9H2,1-6H3,(H,21,26)(H,20,23,25);5-11,14H,1-4H3,(H,15,17);3-4,6-7,9,15H,5H2,1-2H3,(H,13,16,17)/t11-,12+,13-,16-,18-,30+;11-,19-;6-,7-,9-,11-/m101/s1. The number of ether oxygens (including phenoxy) is 3. The number of H-pyrrole nitrogens is 2. The van der Waals surface area contributed by atoms with Gasteiger partial charge in [0.25, 0.3) is 18.6 Å². The zero-order valence-electron chi connectivity index (χ0n) is 39.7. The van der Waals surface area contributed by atoms with E-state index in [4.69, 9.17) is 28.4 Å². The van der Waals surface area contributed by atoms with E-state index in [1.807, 2.05) is 24.9 Å². The van der Waals surface area contributed by atoms with Crippen molar-refractivity contribution < 1.29 is 55.9 Å². The zero-order valence-corrected chi connectivity index (χ0v) is 41.5. The van der Waals surface area contributed by atoms with Gasteiger partial charge in [-0.3, -0.25) is 47.4 Å². The molecule has 67 heavy (non-hydrogen) atoms. The van der Waals surface area contributed by atoms with Gasteiger partial charge in [0, 0.05) is 55.6 Å². The Morgan fingerprint density at radius 3 is 1.70 bits per heavy atom. The first kappa shape index (κ1) is 56.9. The van der Waals surface area contributed by atoms with E-state index in [0.29, 0.717) is 5.75 Å². The third kappa shape index (κ3) is 15.8. The molecule has 2 fully saturated rings. The minimum Gasteiger partial charge on any atom is -0.462 e. The topological polar surface area (TPSA) is 280 Å². The number of esters is 1. The van der Waals surface area contributed by atoms with Gasteiger partial charge >= 0.3 is 24.9 Å². The SMILES string of the molecule is CC(C)C(=O)[C@H](C)NN[P@@](C)(=O)Oc1ccccc1.CC(C)OC(=O)[C@H](C)N[P@@](C)(=O)OC[C@H]1O[C@@H](n2ccc(=O)[nH]c2=O)[C@](C)(F)[C@@H]1C.C[C@@H]1[C@@H](CO)O[C@@H](n2ccc(=O)[nH]c2=O)[C@]1(C)F. The minimum absolute atomic E-state index is 0.0483. The molecule has 21 nitrogen and oxygen atoms in total. The molecule has 0 aliphatic carbocycles. The Labute approximate surface area is 386 Å². The Bertz CT molecular complexity index is 2460. The first-order chi connectivity index (χ1) is 30.9. The lowest BCUT2D eigenvalue weighted by molar-refractivity contribution is -0.149. The van der Waals surface area contributed by atoms with Gasteiger partial charge in [0.2, 0.25) is 0 Å². The van der Waals surface area contributed by atoms with Crippen molar-refractivity contribution >= 4 is 26.8 Å². The summed E-state index contributed by atoms with van der Waals surface area (Å²) in [6, 6.07) is 9.82. The molecular weight excluding hydrogens is 926 g/mol. The number of aliphatic hydroxyl groups is 1. The summed E-state index contributed by atoms with van der Waals surface area (Å²) in [5, 5.41) is 14.3. The fourth-order valence-electron chi connectivity index (χ4n) is 6.78. The Morgan fingerprint density at radius 1 is 0.791 bits per heavy atom. The number of benzene rings is 1. The number of rotatable bonds is 17. The fourth-order valence-corrected chi connectivity index (χ4v) is 9.09. The van der Waals surface area contributed by atoms with Gasteiger partial charge in [0.15, 0.2) is 29.6 Å². The minimum atomic E-state index is -3.44. The number of hydrogen-bond acceptors (Lipinski definition) is 15. The summed E-state index contributed by atoms with van der Waals surface area (Å²) in [7, 11) is -6.50. The third-order valence-corrected chi connectivity index (χ3v) is 13.6. The van der Waals surface area contributed by atoms with Crippen molar-refractivity contribution in [1.29, 1.82) is 0 Å². The van der Waals surface area contributed by atoms with Crippen molar-refractivity contribution in [3.63, 3.8) is 0 Å². The highest BCUT2D eigenvalue weighted by Gasteiger charge is 2.54. The second kappa shape index (κ2) is 23.7. The Balaban J connectivity index is 0.000000280. The molecule has 0 unspecified atom stereocenters. The van der Waals surface area contributed by atoms with Crippen LogP contribution in [-0.4, -0.2) is 104 Å². The summed E-state index contributed by atoms with van der Waals surface area (Å²) in [6.45, 7) is 18.3. The van der Waals surface area contributed by atoms with Crippen LogP contribution in [-0.2, 0) is 37.5 Å². The normalized spacial score (nSPS) is 27.4. The lowest BCUT2D eigenvalue weighted by atomic mass is 9.90. The lowest BCUT2D eigenvalue weighted by Gasteiger charge is -2.25. The van der Waals surface area contributed by atoms with Crippen LogP contribution in [0.1, 0.15) is 81.7 Å². The Morgan fingerprint density at radius 2 is 1.27 bits per heavy atom. The average molecular weight is 992 g/mol. The molecular formula is C42H65F2N7O14P2. The highest BCUT2D eigenvalue weighted by Crippen LogP contribution is 2.47. The van der Waals surface area contributed by atoms with E-state index in [2.05, 4.69) is 20.7 Å². The molecule has 5 rings (SSSR count). The predicted molar refractivity (Wildman–Crippen MR) is 244 cm³/mol. The number of para-hydroxylation sites is 1. The van der Waals surface area contributed by atoms with Crippen molar-refractivity contribution in [1.82, 2.24) is 34.8 Å². The molecule has 25 heteroatoms. The maximum absolute atomic E-state index is 15.4. The van der Waals surface area contributed by atoms with E-state index < -0.39 is 103 Å². The van der Waals surface area contributed by atoms with E-state index in [-0.39, 0.29) is 31.0 Å². The summed E-state index contributed by atoms with van der Waals surface area (Å²) in [6.07, 6.45) is -1.92. The number of Topliss-reactive ketones (excluding diaryl/α,β-unsaturated/α-hetero) is 1. The van der Waals surface area contributed by atoms with Crippen LogP contribution in [0.3, 0.4) is 0 Å². The number of nitrogens with one attached hydrogen (secondary N) is 5. The van der Waals surface area contributed by atoms with Crippen LogP contribution >= 0.6 is 15.0 Å². The number of hydrogen-bond donors (Lipinski definition) is 6. The van der Waals surface area contributed by atoms with Gasteiger partial charge in [-0.05, 0) is 53.7 Å². The summed E-state index contributed by atoms with van der Waals surface area (Å²) in [4.78, 5) is 73.6. The molecule has 376 valence electrons. The largest absolute Gasteiger partial charge is 0.462 e. The van der Waals surface area contributed by atoms with Crippen LogP contribution < -0.4 is 42.7 Å². The van der Waals surface area contributed by atoms with E-state index in [1.165, 1.54) is 40.3 Å². The number of aromatic nitrogens is 4. The van der Waals surface area contributed by atoms with E-state index in [0.717, 1.165) is 27.5 Å². The van der Waals surface area contributed by atoms with Crippen molar-refractivity contribution in [2.24, 2.45) is 17.8 Å². The molecule has 2 saturated heterocycles. The number of aromatic amines is 2. The van der Waals surface area contributed by atoms with E-state index >= 15 is 4.39 Å². The van der Waals surface area contributed by atoms with Crippen LogP contribution in [0.15, 0.2) is 74.0 Å². The third-order valence-electron chi connectivity index (χ3n) is 11.0. The molecule has 12 atom stereocenters. The number of alkyl halides is 2. The van der Waals surface area contributed by atoms with Crippen LogP contribution in [0.25, 0.3) is 0 Å². The molecule has 0 radical (unpaired) electrons. The fraction of sp³-hybridized carbons (Fsp3) is 0.619. The van der Waals surface area contributed by atoms with Crippen LogP contribution in [0.2, 0.25) is 0 Å². The lowest BCUT2D eigenvalue weighted by Crippen LogP contribution is -2.44. The number of ketones is 1. The Kier molecular flexibility index (Phi) is 20.1. The van der Waals surface area contributed by atoms with E-state index in [9.17, 15) is 42.3 Å². The van der Waals surface area contributed by atoms with E-state index in [1.54, 1.807) is 58.9 Å². The molecule has 1 aromatic carbocycles. The monoisotopic (exact) mass is 991 g/mol. The highest BCUT2D eigenvalue weighted by atomic mass is 31.2. The molecule has 4 heterocycles. The molecule has 3 aromatic rings. The summed E-state index contributed by atoms with van der Waals surface area (Å²) < 4.78 is 83.7. The van der Waals surface area contributed by atoms with Crippen molar-refractivity contribution in [2.75, 3.05) is 26.5 Å². The second-order valence-corrected chi connectivity index (χ2v) is 21.7. The maximum Gasteiger partial charge on any atom is 0.330 e. The molecule has 0 spiro atoms. The van der Waals surface area contributed by atoms with Gasteiger partial charge in [-0.2, -0.15) is 5.20 Å². The highest BCUT2D eigenvalue weighted by molar-refractivity contribution is 7.56. The van der Waals surface area contributed by atoms with Gasteiger partial charge in [-0.15, -0.1) is 0 Å². The zero-order chi connectivity index (χ0) is 50.8. The van der Waals surface area contributed by atoms with Gasteiger partial charge in [-0.1, -0.05) is 45.9 Å². The van der Waals surface area contributed by atoms with Crippen LogP contribution in [0.4, 0.5) is 8.78 Å². The number of carbonyl (C=O) groups excluding carboxylic acids is 2.